The fourth-order valence-corrected chi connectivity index (χ4v) is 2.69. The van der Waals surface area contributed by atoms with Gasteiger partial charge in [0.1, 0.15) is 23.4 Å². The quantitative estimate of drug-likeness (QED) is 0.767. The number of nitrogens with one attached hydrogen (secondary N) is 1. The van der Waals surface area contributed by atoms with E-state index in [0.29, 0.717) is 17.0 Å². The van der Waals surface area contributed by atoms with Crippen LogP contribution in [0, 0.1) is 12.7 Å². The Bertz CT molecular complexity index is 921. The van der Waals surface area contributed by atoms with Gasteiger partial charge in [-0.05, 0) is 36.2 Å². The molecule has 0 saturated carbocycles. The van der Waals surface area contributed by atoms with Gasteiger partial charge in [0.2, 0.25) is 0 Å². The molecule has 1 amide bonds. The summed E-state index contributed by atoms with van der Waals surface area (Å²) in [5, 5.41) is 13.0. The number of aromatic nitrogens is 2. The van der Waals surface area contributed by atoms with Gasteiger partial charge in [0.15, 0.2) is 0 Å². The minimum atomic E-state index is -0.650. The first kappa shape index (κ1) is 16.7. The first-order chi connectivity index (χ1) is 12.0. The molecule has 1 aromatic heterocycles. The molecule has 5 nitrogen and oxygen atoms in total. The second-order valence-corrected chi connectivity index (χ2v) is 5.83. The van der Waals surface area contributed by atoms with Gasteiger partial charge in [0, 0.05) is 19.4 Å². The number of carbonyl (C=O) groups is 1. The van der Waals surface area contributed by atoms with Crippen molar-refractivity contribution in [2.45, 2.75) is 13.0 Å². The lowest BCUT2D eigenvalue weighted by Gasteiger charge is -2.20. The van der Waals surface area contributed by atoms with Gasteiger partial charge in [-0.1, -0.05) is 24.3 Å². The molecule has 3 aromatic rings. The average molecular weight is 339 g/mol. The average Bonchev–Trinajstić information content (AvgIpc) is 3.00. The van der Waals surface area contributed by atoms with Crippen molar-refractivity contribution in [2.75, 3.05) is 0 Å². The summed E-state index contributed by atoms with van der Waals surface area (Å²) in [5.74, 6) is -0.369. The largest absolute Gasteiger partial charge is 0.507 e. The van der Waals surface area contributed by atoms with Crippen LogP contribution >= 0.6 is 0 Å². The van der Waals surface area contributed by atoms with Crippen LogP contribution in [0.5, 0.6) is 5.75 Å². The summed E-state index contributed by atoms with van der Waals surface area (Å²) in [4.78, 5) is 17.0. The number of para-hydroxylation sites is 1. The molecule has 0 spiro atoms. The van der Waals surface area contributed by atoms with Crippen LogP contribution < -0.4 is 5.32 Å². The fourth-order valence-electron chi connectivity index (χ4n) is 2.69. The molecule has 0 aliphatic rings. The van der Waals surface area contributed by atoms with Crippen molar-refractivity contribution in [3.05, 3.63) is 83.2 Å². The standard InChI is InChI=1S/C19H18FN3O2/c1-12-5-3-8-15(17(12)24)19(25)22-16(18-21-9-10-23(18)2)13-6-4-7-14(20)11-13/h3-11,16,24H,1-2H3,(H,22,25)/t16-/m1/s1. The molecule has 25 heavy (non-hydrogen) atoms. The minimum absolute atomic E-state index is 0.0715. The van der Waals surface area contributed by atoms with Gasteiger partial charge in [-0.15, -0.1) is 0 Å². The van der Waals surface area contributed by atoms with Crippen molar-refractivity contribution in [3.63, 3.8) is 0 Å². The summed E-state index contributed by atoms with van der Waals surface area (Å²) in [5.41, 5.74) is 1.33. The first-order valence-electron chi connectivity index (χ1n) is 7.79. The number of aromatic hydroxyl groups is 1. The van der Waals surface area contributed by atoms with Crippen LogP contribution in [0.1, 0.15) is 33.4 Å². The van der Waals surface area contributed by atoms with Gasteiger partial charge >= 0.3 is 0 Å². The molecule has 0 fully saturated rings. The molecule has 0 aliphatic carbocycles. The molecular formula is C19H18FN3O2. The Morgan fingerprint density at radius 1 is 1.28 bits per heavy atom. The third-order valence-corrected chi connectivity index (χ3v) is 4.06. The van der Waals surface area contributed by atoms with Gasteiger partial charge in [-0.2, -0.15) is 0 Å². The van der Waals surface area contributed by atoms with E-state index in [1.165, 1.54) is 12.1 Å². The van der Waals surface area contributed by atoms with Crippen LogP contribution in [0.4, 0.5) is 4.39 Å². The molecule has 1 atom stereocenters. The highest BCUT2D eigenvalue weighted by atomic mass is 19.1. The molecule has 0 bridgehead atoms. The number of phenols is 1. The van der Waals surface area contributed by atoms with E-state index >= 15 is 0 Å². The zero-order chi connectivity index (χ0) is 18.0. The first-order valence-corrected chi connectivity index (χ1v) is 7.79. The summed E-state index contributed by atoms with van der Waals surface area (Å²) >= 11 is 0. The summed E-state index contributed by atoms with van der Waals surface area (Å²) in [7, 11) is 1.80. The summed E-state index contributed by atoms with van der Waals surface area (Å²) in [6.07, 6.45) is 3.36. The predicted octanol–water partition coefficient (Wildman–Crippen LogP) is 3.09. The van der Waals surface area contributed by atoms with Gasteiger partial charge < -0.3 is 15.0 Å². The molecule has 128 valence electrons. The van der Waals surface area contributed by atoms with Crippen LogP contribution in [0.25, 0.3) is 0 Å². The lowest BCUT2D eigenvalue weighted by molar-refractivity contribution is 0.0938. The fraction of sp³-hybridized carbons (Fsp3) is 0.158. The molecule has 0 radical (unpaired) electrons. The molecule has 0 aliphatic heterocycles. The smallest absolute Gasteiger partial charge is 0.255 e. The molecule has 2 aromatic carbocycles. The predicted molar refractivity (Wildman–Crippen MR) is 91.8 cm³/mol. The van der Waals surface area contributed by atoms with E-state index in [0.717, 1.165) is 0 Å². The highest BCUT2D eigenvalue weighted by molar-refractivity contribution is 5.97. The van der Waals surface area contributed by atoms with Crippen LogP contribution in [-0.4, -0.2) is 20.6 Å². The normalized spacial score (nSPS) is 12.0. The van der Waals surface area contributed by atoms with Crippen molar-refractivity contribution in [3.8, 4) is 5.75 Å². The van der Waals surface area contributed by atoms with Crippen molar-refractivity contribution in [2.24, 2.45) is 7.05 Å². The number of phenolic OH excluding ortho intramolecular Hbond substituents is 1. The molecular weight excluding hydrogens is 321 g/mol. The molecule has 6 heteroatoms. The van der Waals surface area contributed by atoms with Crippen molar-refractivity contribution < 1.29 is 14.3 Å². The highest BCUT2D eigenvalue weighted by Crippen LogP contribution is 2.25. The van der Waals surface area contributed by atoms with Gasteiger partial charge in [0.05, 0.1) is 5.56 Å². The van der Waals surface area contributed by atoms with E-state index in [1.54, 1.807) is 61.3 Å². The Morgan fingerprint density at radius 2 is 2.04 bits per heavy atom. The molecule has 0 unspecified atom stereocenters. The van der Waals surface area contributed by atoms with Gasteiger partial charge in [0.25, 0.3) is 5.91 Å². The van der Waals surface area contributed by atoms with E-state index in [2.05, 4.69) is 10.3 Å². The zero-order valence-corrected chi connectivity index (χ0v) is 13.9. The van der Waals surface area contributed by atoms with E-state index in [4.69, 9.17) is 0 Å². The number of carbonyl (C=O) groups excluding carboxylic acids is 1. The van der Waals surface area contributed by atoms with Gasteiger partial charge in [-0.25, -0.2) is 9.37 Å². The third-order valence-electron chi connectivity index (χ3n) is 4.06. The Labute approximate surface area is 144 Å². The van der Waals surface area contributed by atoms with Crippen LogP contribution in [-0.2, 0) is 7.05 Å². The topological polar surface area (TPSA) is 67.2 Å². The van der Waals surface area contributed by atoms with E-state index in [1.807, 2.05) is 0 Å². The molecule has 0 saturated heterocycles. The molecule has 1 heterocycles. The summed E-state index contributed by atoms with van der Waals surface area (Å²) in [6, 6.07) is 10.3. The monoisotopic (exact) mass is 339 g/mol. The number of aryl methyl sites for hydroxylation is 2. The van der Waals surface area contributed by atoms with E-state index in [9.17, 15) is 14.3 Å². The SMILES string of the molecule is Cc1cccc(C(=O)N[C@H](c2cccc(F)c2)c2nccn2C)c1O. The number of hydrogen-bond acceptors (Lipinski definition) is 3. The maximum absolute atomic E-state index is 13.7. The number of imidazole rings is 1. The van der Waals surface area contributed by atoms with Gasteiger partial charge in [-0.3, -0.25) is 4.79 Å². The third kappa shape index (κ3) is 3.38. The van der Waals surface area contributed by atoms with Crippen molar-refractivity contribution >= 4 is 5.91 Å². The highest BCUT2D eigenvalue weighted by Gasteiger charge is 2.23. The molecule has 2 N–H and O–H groups in total. The number of rotatable bonds is 4. The second kappa shape index (κ2) is 6.76. The maximum atomic E-state index is 13.7. The molecule has 3 rings (SSSR count). The van der Waals surface area contributed by atoms with E-state index < -0.39 is 17.8 Å². The second-order valence-electron chi connectivity index (χ2n) is 5.83. The Balaban J connectivity index is 2.00. The minimum Gasteiger partial charge on any atom is -0.507 e. The number of amides is 1. The number of nitrogens with zero attached hydrogens (tertiary/aromatic N) is 2. The lowest BCUT2D eigenvalue weighted by Crippen LogP contribution is -2.31. The zero-order valence-electron chi connectivity index (χ0n) is 13.9. The van der Waals surface area contributed by atoms with Crippen molar-refractivity contribution in [1.29, 1.82) is 0 Å². The van der Waals surface area contributed by atoms with Crippen LogP contribution in [0.2, 0.25) is 0 Å². The Hall–Kier alpha value is -3.15. The summed E-state index contributed by atoms with van der Waals surface area (Å²) in [6.45, 7) is 1.72. The van der Waals surface area contributed by atoms with E-state index in [-0.39, 0.29) is 11.3 Å². The Kier molecular flexibility index (Phi) is 4.52. The maximum Gasteiger partial charge on any atom is 0.255 e. The lowest BCUT2D eigenvalue weighted by atomic mass is 10.0. The van der Waals surface area contributed by atoms with Crippen LogP contribution in [0.3, 0.4) is 0 Å². The number of halogens is 1. The van der Waals surface area contributed by atoms with Crippen LogP contribution in [0.15, 0.2) is 54.9 Å². The number of hydrogen-bond donors (Lipinski definition) is 2. The number of benzene rings is 2. The Morgan fingerprint density at radius 3 is 2.72 bits per heavy atom. The summed E-state index contributed by atoms with van der Waals surface area (Å²) < 4.78 is 15.4. The van der Waals surface area contributed by atoms with Crippen molar-refractivity contribution in [1.82, 2.24) is 14.9 Å².